The summed E-state index contributed by atoms with van der Waals surface area (Å²) >= 11 is 0. The number of unbranched alkanes of at least 4 members (excludes halogenated alkanes) is 1. The summed E-state index contributed by atoms with van der Waals surface area (Å²) in [4.78, 5) is 27.2. The second kappa shape index (κ2) is 5.56. The van der Waals surface area contributed by atoms with Crippen LogP contribution in [0, 0.1) is 0 Å². The van der Waals surface area contributed by atoms with Gasteiger partial charge in [-0.25, -0.2) is 4.79 Å². The van der Waals surface area contributed by atoms with E-state index < -0.39 is 0 Å². The van der Waals surface area contributed by atoms with E-state index in [2.05, 4.69) is 12.2 Å². The van der Waals surface area contributed by atoms with Crippen LogP contribution in [0.3, 0.4) is 0 Å². The molecule has 6 heteroatoms. The first-order valence-electron chi connectivity index (χ1n) is 6.72. The fourth-order valence-corrected chi connectivity index (χ4v) is 2.59. The summed E-state index contributed by atoms with van der Waals surface area (Å²) in [6.45, 7) is 4.54. The van der Waals surface area contributed by atoms with Crippen molar-refractivity contribution in [2.24, 2.45) is 5.73 Å². The van der Waals surface area contributed by atoms with Crippen molar-refractivity contribution in [1.29, 1.82) is 0 Å². The van der Waals surface area contributed by atoms with E-state index in [1.54, 1.807) is 4.90 Å². The molecule has 102 valence electrons. The van der Waals surface area contributed by atoms with Gasteiger partial charge in [0.25, 0.3) is 0 Å². The number of hydrogen-bond acceptors (Lipinski definition) is 3. The van der Waals surface area contributed by atoms with Crippen molar-refractivity contribution in [3.05, 3.63) is 0 Å². The molecule has 0 aromatic carbocycles. The van der Waals surface area contributed by atoms with Gasteiger partial charge in [0.05, 0.1) is 12.1 Å². The Balaban J connectivity index is 1.87. The third-order valence-corrected chi connectivity index (χ3v) is 3.73. The molecule has 3 N–H and O–H groups in total. The van der Waals surface area contributed by atoms with Crippen molar-refractivity contribution < 1.29 is 9.59 Å². The van der Waals surface area contributed by atoms with Crippen LogP contribution in [0.2, 0.25) is 0 Å². The average Bonchev–Trinajstić information content (AvgIpc) is 2.76. The Hall–Kier alpha value is -1.30. The van der Waals surface area contributed by atoms with Gasteiger partial charge in [0.1, 0.15) is 0 Å². The van der Waals surface area contributed by atoms with E-state index in [1.807, 2.05) is 4.90 Å². The lowest BCUT2D eigenvalue weighted by atomic mass is 10.1. The number of nitrogens with two attached hydrogens (primary N) is 1. The van der Waals surface area contributed by atoms with Crippen LogP contribution in [0.15, 0.2) is 0 Å². The van der Waals surface area contributed by atoms with Crippen molar-refractivity contribution in [2.45, 2.75) is 38.3 Å². The van der Waals surface area contributed by atoms with Crippen LogP contribution in [-0.4, -0.2) is 60.0 Å². The Morgan fingerprint density at radius 1 is 1.56 bits per heavy atom. The first-order chi connectivity index (χ1) is 8.63. The SMILES string of the molecule is CCCCC(N)C(=O)N1CCN2C(=O)NCC2C1. The molecule has 2 aliphatic rings. The van der Waals surface area contributed by atoms with E-state index in [-0.39, 0.29) is 24.0 Å². The fraction of sp³-hybridized carbons (Fsp3) is 0.833. The molecule has 0 aromatic rings. The molecule has 3 amide bonds. The Morgan fingerprint density at radius 2 is 2.33 bits per heavy atom. The van der Waals surface area contributed by atoms with Crippen LogP contribution in [0.25, 0.3) is 0 Å². The third-order valence-electron chi connectivity index (χ3n) is 3.73. The zero-order valence-corrected chi connectivity index (χ0v) is 10.9. The topological polar surface area (TPSA) is 78.7 Å². The highest BCUT2D eigenvalue weighted by molar-refractivity contribution is 5.82. The highest BCUT2D eigenvalue weighted by Crippen LogP contribution is 2.15. The fourth-order valence-electron chi connectivity index (χ4n) is 2.59. The van der Waals surface area contributed by atoms with Crippen LogP contribution in [0.5, 0.6) is 0 Å². The number of amides is 3. The van der Waals surface area contributed by atoms with Crippen molar-refractivity contribution in [1.82, 2.24) is 15.1 Å². The van der Waals surface area contributed by atoms with Crippen LogP contribution < -0.4 is 11.1 Å². The number of fused-ring (bicyclic) bond motifs is 1. The number of piperazine rings is 1. The zero-order chi connectivity index (χ0) is 13.1. The van der Waals surface area contributed by atoms with Crippen LogP contribution in [0.4, 0.5) is 4.79 Å². The van der Waals surface area contributed by atoms with E-state index in [1.165, 1.54) is 0 Å². The maximum Gasteiger partial charge on any atom is 0.317 e. The molecule has 2 atom stereocenters. The summed E-state index contributed by atoms with van der Waals surface area (Å²) in [6.07, 6.45) is 2.78. The van der Waals surface area contributed by atoms with Crippen molar-refractivity contribution in [3.63, 3.8) is 0 Å². The van der Waals surface area contributed by atoms with E-state index in [4.69, 9.17) is 5.73 Å². The lowest BCUT2D eigenvalue weighted by molar-refractivity contribution is -0.134. The van der Waals surface area contributed by atoms with Crippen molar-refractivity contribution >= 4 is 11.9 Å². The average molecular weight is 254 g/mol. The van der Waals surface area contributed by atoms with Gasteiger partial charge in [-0.15, -0.1) is 0 Å². The predicted octanol–water partition coefficient (Wildman–Crippen LogP) is -0.260. The Kier molecular flexibility index (Phi) is 4.06. The summed E-state index contributed by atoms with van der Waals surface area (Å²) in [7, 11) is 0. The van der Waals surface area contributed by atoms with Crippen LogP contribution in [-0.2, 0) is 4.79 Å². The summed E-state index contributed by atoms with van der Waals surface area (Å²) in [5.41, 5.74) is 5.91. The Morgan fingerprint density at radius 3 is 3.06 bits per heavy atom. The quantitative estimate of drug-likeness (QED) is 0.725. The van der Waals surface area contributed by atoms with Gasteiger partial charge in [-0.05, 0) is 6.42 Å². The molecule has 2 fully saturated rings. The Labute approximate surface area is 107 Å². The first-order valence-corrected chi connectivity index (χ1v) is 6.72. The predicted molar refractivity (Wildman–Crippen MR) is 68.0 cm³/mol. The van der Waals surface area contributed by atoms with Gasteiger partial charge < -0.3 is 20.9 Å². The summed E-state index contributed by atoms with van der Waals surface area (Å²) in [5.74, 6) is 0.0300. The van der Waals surface area contributed by atoms with E-state index in [0.717, 1.165) is 19.3 Å². The van der Waals surface area contributed by atoms with Gasteiger partial charge in [0.15, 0.2) is 0 Å². The molecule has 2 aliphatic heterocycles. The minimum Gasteiger partial charge on any atom is -0.337 e. The number of nitrogens with zero attached hydrogens (tertiary/aromatic N) is 2. The van der Waals surface area contributed by atoms with Gasteiger partial charge in [-0.1, -0.05) is 19.8 Å². The molecule has 2 unspecified atom stereocenters. The summed E-state index contributed by atoms with van der Waals surface area (Å²) in [5, 5.41) is 2.80. The Bertz CT molecular complexity index is 334. The highest BCUT2D eigenvalue weighted by Gasteiger charge is 2.37. The lowest BCUT2D eigenvalue weighted by Crippen LogP contribution is -2.56. The molecule has 18 heavy (non-hydrogen) atoms. The van der Waals surface area contributed by atoms with Crippen molar-refractivity contribution in [3.8, 4) is 0 Å². The molecule has 2 heterocycles. The first kappa shape index (κ1) is 13.1. The molecule has 0 spiro atoms. The molecule has 0 aliphatic carbocycles. The number of carbonyl (C=O) groups is 2. The van der Waals surface area contributed by atoms with E-state index in [9.17, 15) is 9.59 Å². The standard InChI is InChI=1S/C12H22N4O2/c1-2-3-4-10(13)11(17)15-5-6-16-9(8-15)7-14-12(16)18/h9-10H,2-8,13H2,1H3,(H,14,18). The molecular weight excluding hydrogens is 232 g/mol. The largest absolute Gasteiger partial charge is 0.337 e. The van der Waals surface area contributed by atoms with Crippen LogP contribution >= 0.6 is 0 Å². The highest BCUT2D eigenvalue weighted by atomic mass is 16.2. The van der Waals surface area contributed by atoms with Gasteiger partial charge in [-0.2, -0.15) is 0 Å². The number of rotatable bonds is 4. The van der Waals surface area contributed by atoms with Gasteiger partial charge in [0, 0.05) is 26.2 Å². The minimum atomic E-state index is -0.387. The minimum absolute atomic E-state index is 0.0117. The number of carbonyl (C=O) groups excluding carboxylic acids is 2. The summed E-state index contributed by atoms with van der Waals surface area (Å²) in [6, 6.07) is -0.280. The molecule has 2 rings (SSSR count). The van der Waals surface area contributed by atoms with Crippen molar-refractivity contribution in [2.75, 3.05) is 26.2 Å². The van der Waals surface area contributed by atoms with E-state index in [0.29, 0.717) is 26.2 Å². The number of nitrogens with one attached hydrogen (secondary N) is 1. The smallest absolute Gasteiger partial charge is 0.317 e. The molecule has 6 nitrogen and oxygen atoms in total. The molecular formula is C12H22N4O2. The monoisotopic (exact) mass is 254 g/mol. The molecule has 2 saturated heterocycles. The molecule has 0 aromatic heterocycles. The maximum atomic E-state index is 12.2. The number of urea groups is 1. The maximum absolute atomic E-state index is 12.2. The number of hydrogen-bond donors (Lipinski definition) is 2. The van der Waals surface area contributed by atoms with Gasteiger partial charge in [0.2, 0.25) is 5.91 Å². The molecule has 0 bridgehead atoms. The second-order valence-corrected chi connectivity index (χ2v) is 5.07. The second-order valence-electron chi connectivity index (χ2n) is 5.07. The normalized spacial score (nSPS) is 24.8. The van der Waals surface area contributed by atoms with Crippen LogP contribution in [0.1, 0.15) is 26.2 Å². The lowest BCUT2D eigenvalue weighted by Gasteiger charge is -2.37. The zero-order valence-electron chi connectivity index (χ0n) is 10.9. The molecule has 0 radical (unpaired) electrons. The molecule has 0 saturated carbocycles. The summed E-state index contributed by atoms with van der Waals surface area (Å²) < 4.78 is 0. The van der Waals surface area contributed by atoms with E-state index >= 15 is 0 Å². The van der Waals surface area contributed by atoms with Gasteiger partial charge in [-0.3, -0.25) is 4.79 Å². The van der Waals surface area contributed by atoms with Gasteiger partial charge >= 0.3 is 6.03 Å². The third kappa shape index (κ3) is 2.58.